The topological polar surface area (TPSA) is 21.7 Å². The van der Waals surface area contributed by atoms with Gasteiger partial charge >= 0.3 is 0 Å². The Hall–Kier alpha value is -0.380. The van der Waals surface area contributed by atoms with Crippen molar-refractivity contribution in [3.8, 4) is 0 Å². The summed E-state index contributed by atoms with van der Waals surface area (Å²) in [7, 11) is 0. The average Bonchev–Trinajstić information content (AvgIpc) is 2.74. The summed E-state index contributed by atoms with van der Waals surface area (Å²) < 4.78 is 11.3. The zero-order valence-electron chi connectivity index (χ0n) is 9.08. The number of ether oxygens (including phenoxy) is 2. The molecule has 0 unspecified atom stereocenters. The van der Waals surface area contributed by atoms with Crippen LogP contribution in [0.2, 0.25) is 0 Å². The van der Waals surface area contributed by atoms with Crippen molar-refractivity contribution in [2.75, 3.05) is 32.8 Å². The summed E-state index contributed by atoms with van der Waals surface area (Å²) in [5.74, 6) is -0.254. The lowest BCUT2D eigenvalue weighted by molar-refractivity contribution is -0.144. The second-order valence-electron chi connectivity index (χ2n) is 4.37. The lowest BCUT2D eigenvalue weighted by Crippen LogP contribution is -2.34. The predicted molar refractivity (Wildman–Crippen MR) is 55.1 cm³/mol. The van der Waals surface area contributed by atoms with Gasteiger partial charge < -0.3 is 9.47 Å². The summed E-state index contributed by atoms with van der Waals surface area (Å²) >= 11 is 0. The first-order chi connectivity index (χ1) is 6.70. The van der Waals surface area contributed by atoms with Gasteiger partial charge in [-0.25, -0.2) is 0 Å². The molecule has 2 rings (SSSR count). The first kappa shape index (κ1) is 10.1. The SMILES string of the molecule is CC(C)=CCN1CCC2(C1)OCCO2. The number of likely N-dealkylation sites (tertiary alicyclic amines) is 1. The van der Waals surface area contributed by atoms with Gasteiger partial charge in [0.25, 0.3) is 0 Å². The van der Waals surface area contributed by atoms with Gasteiger partial charge in [-0.05, 0) is 13.8 Å². The van der Waals surface area contributed by atoms with E-state index in [1.165, 1.54) is 5.57 Å². The van der Waals surface area contributed by atoms with Gasteiger partial charge in [0.1, 0.15) is 0 Å². The molecule has 2 saturated heterocycles. The maximum atomic E-state index is 5.65. The highest BCUT2D eigenvalue weighted by Crippen LogP contribution is 2.30. The van der Waals surface area contributed by atoms with E-state index >= 15 is 0 Å². The van der Waals surface area contributed by atoms with Crippen LogP contribution in [-0.4, -0.2) is 43.5 Å². The quantitative estimate of drug-likeness (QED) is 0.625. The molecule has 0 bridgehead atoms. The monoisotopic (exact) mass is 197 g/mol. The molecule has 0 aromatic heterocycles. The van der Waals surface area contributed by atoms with Crippen molar-refractivity contribution >= 4 is 0 Å². The molecule has 2 aliphatic heterocycles. The van der Waals surface area contributed by atoms with Gasteiger partial charge in [0, 0.05) is 19.5 Å². The molecular formula is C11H19NO2. The van der Waals surface area contributed by atoms with E-state index in [-0.39, 0.29) is 5.79 Å². The summed E-state index contributed by atoms with van der Waals surface area (Å²) in [6, 6.07) is 0. The Morgan fingerprint density at radius 2 is 2.07 bits per heavy atom. The highest BCUT2D eigenvalue weighted by molar-refractivity contribution is 4.97. The molecule has 0 radical (unpaired) electrons. The van der Waals surface area contributed by atoms with Gasteiger partial charge in [0.05, 0.1) is 19.8 Å². The molecule has 80 valence electrons. The van der Waals surface area contributed by atoms with E-state index in [1.54, 1.807) is 0 Å². The Morgan fingerprint density at radius 1 is 1.36 bits per heavy atom. The zero-order chi connectivity index (χ0) is 10.0. The molecule has 0 amide bonds. The Morgan fingerprint density at radius 3 is 2.71 bits per heavy atom. The summed E-state index contributed by atoms with van der Waals surface area (Å²) in [6.45, 7) is 8.83. The van der Waals surface area contributed by atoms with E-state index in [2.05, 4.69) is 24.8 Å². The van der Waals surface area contributed by atoms with Crippen LogP contribution >= 0.6 is 0 Å². The molecule has 0 atom stereocenters. The third-order valence-electron chi connectivity index (χ3n) is 2.84. The van der Waals surface area contributed by atoms with Crippen LogP contribution in [0.4, 0.5) is 0 Å². The normalized spacial score (nSPS) is 25.9. The van der Waals surface area contributed by atoms with Gasteiger partial charge in [0.15, 0.2) is 5.79 Å². The Balaban J connectivity index is 1.85. The molecule has 1 spiro atoms. The van der Waals surface area contributed by atoms with Crippen molar-refractivity contribution in [1.82, 2.24) is 4.90 Å². The molecular weight excluding hydrogens is 178 g/mol. The van der Waals surface area contributed by atoms with Crippen molar-refractivity contribution in [3.63, 3.8) is 0 Å². The van der Waals surface area contributed by atoms with Crippen molar-refractivity contribution in [2.24, 2.45) is 0 Å². The number of hydrogen-bond acceptors (Lipinski definition) is 3. The molecule has 2 aliphatic rings. The molecule has 0 N–H and O–H groups in total. The minimum Gasteiger partial charge on any atom is -0.346 e. The van der Waals surface area contributed by atoms with Gasteiger partial charge in [-0.3, -0.25) is 4.90 Å². The standard InChI is InChI=1S/C11H19NO2/c1-10(2)3-5-12-6-4-11(9-12)13-7-8-14-11/h3H,4-9H2,1-2H3. The fourth-order valence-electron chi connectivity index (χ4n) is 2.03. The Kier molecular flexibility index (Phi) is 2.91. The second-order valence-corrected chi connectivity index (χ2v) is 4.37. The number of hydrogen-bond donors (Lipinski definition) is 0. The van der Waals surface area contributed by atoms with Gasteiger partial charge in [0.2, 0.25) is 0 Å². The van der Waals surface area contributed by atoms with Crippen molar-refractivity contribution < 1.29 is 9.47 Å². The molecule has 2 heterocycles. The minimum absolute atomic E-state index is 0.254. The molecule has 14 heavy (non-hydrogen) atoms. The first-order valence-corrected chi connectivity index (χ1v) is 5.34. The average molecular weight is 197 g/mol. The van der Waals surface area contributed by atoms with Crippen LogP contribution in [0.3, 0.4) is 0 Å². The van der Waals surface area contributed by atoms with Crippen LogP contribution in [0.25, 0.3) is 0 Å². The lowest BCUT2D eigenvalue weighted by atomic mass is 10.2. The molecule has 2 fully saturated rings. The summed E-state index contributed by atoms with van der Waals surface area (Å²) in [4.78, 5) is 2.39. The smallest absolute Gasteiger partial charge is 0.182 e. The number of allylic oxidation sites excluding steroid dienone is 1. The third kappa shape index (κ3) is 2.16. The van der Waals surface area contributed by atoms with Crippen LogP contribution in [-0.2, 0) is 9.47 Å². The van der Waals surface area contributed by atoms with Crippen molar-refractivity contribution in [1.29, 1.82) is 0 Å². The summed E-state index contributed by atoms with van der Waals surface area (Å²) in [5.41, 5.74) is 1.37. The predicted octanol–water partition coefficient (Wildman–Crippen LogP) is 1.40. The Bertz CT molecular complexity index is 227. The Labute approximate surface area is 85.7 Å². The maximum Gasteiger partial charge on any atom is 0.182 e. The van der Waals surface area contributed by atoms with E-state index in [0.717, 1.165) is 39.3 Å². The van der Waals surface area contributed by atoms with Gasteiger partial charge in [-0.1, -0.05) is 11.6 Å². The van der Waals surface area contributed by atoms with Crippen LogP contribution in [0, 0.1) is 0 Å². The fourth-order valence-corrected chi connectivity index (χ4v) is 2.03. The zero-order valence-corrected chi connectivity index (χ0v) is 9.08. The molecule has 3 nitrogen and oxygen atoms in total. The number of nitrogens with zero attached hydrogens (tertiary/aromatic N) is 1. The van der Waals surface area contributed by atoms with E-state index < -0.39 is 0 Å². The largest absolute Gasteiger partial charge is 0.346 e. The molecule has 0 saturated carbocycles. The lowest BCUT2D eigenvalue weighted by Gasteiger charge is -2.21. The van der Waals surface area contributed by atoms with Crippen LogP contribution in [0.1, 0.15) is 20.3 Å². The molecule has 0 aliphatic carbocycles. The summed E-state index contributed by atoms with van der Waals surface area (Å²) in [6.07, 6.45) is 3.28. The van der Waals surface area contributed by atoms with E-state index in [0.29, 0.717) is 0 Å². The van der Waals surface area contributed by atoms with Crippen molar-refractivity contribution in [3.05, 3.63) is 11.6 Å². The minimum atomic E-state index is -0.254. The van der Waals surface area contributed by atoms with Crippen LogP contribution in [0.15, 0.2) is 11.6 Å². The van der Waals surface area contributed by atoms with Crippen LogP contribution < -0.4 is 0 Å². The van der Waals surface area contributed by atoms with E-state index in [4.69, 9.17) is 9.47 Å². The molecule has 3 heteroatoms. The maximum absolute atomic E-state index is 5.65. The molecule has 0 aromatic rings. The highest BCUT2D eigenvalue weighted by atomic mass is 16.7. The highest BCUT2D eigenvalue weighted by Gasteiger charge is 2.42. The van der Waals surface area contributed by atoms with Crippen molar-refractivity contribution in [2.45, 2.75) is 26.1 Å². The summed E-state index contributed by atoms with van der Waals surface area (Å²) in [5, 5.41) is 0. The van der Waals surface area contributed by atoms with Crippen LogP contribution in [0.5, 0.6) is 0 Å². The van der Waals surface area contributed by atoms with E-state index in [1.807, 2.05) is 0 Å². The fraction of sp³-hybridized carbons (Fsp3) is 0.818. The first-order valence-electron chi connectivity index (χ1n) is 5.34. The van der Waals surface area contributed by atoms with E-state index in [9.17, 15) is 0 Å². The van der Waals surface area contributed by atoms with Gasteiger partial charge in [-0.15, -0.1) is 0 Å². The molecule has 0 aromatic carbocycles. The third-order valence-corrected chi connectivity index (χ3v) is 2.84. The second kappa shape index (κ2) is 4.01. The number of rotatable bonds is 2. The van der Waals surface area contributed by atoms with Gasteiger partial charge in [-0.2, -0.15) is 0 Å².